The van der Waals surface area contributed by atoms with Crippen LogP contribution in [0.15, 0.2) is 36.8 Å². The lowest BCUT2D eigenvalue weighted by atomic mass is 10.1. The van der Waals surface area contributed by atoms with E-state index in [4.69, 9.17) is 0 Å². The minimum Gasteiger partial charge on any atom is -0.379 e. The van der Waals surface area contributed by atoms with Crippen molar-refractivity contribution in [1.29, 1.82) is 0 Å². The highest BCUT2D eigenvalue weighted by molar-refractivity contribution is 5.45. The lowest BCUT2D eigenvalue weighted by Gasteiger charge is -2.08. The van der Waals surface area contributed by atoms with E-state index in [0.29, 0.717) is 0 Å². The third kappa shape index (κ3) is 2.42. The van der Waals surface area contributed by atoms with Gasteiger partial charge in [0.1, 0.15) is 0 Å². The Morgan fingerprint density at radius 1 is 1.38 bits per heavy atom. The first-order chi connectivity index (χ1) is 7.79. The second-order valence-electron chi connectivity index (χ2n) is 3.90. The number of imidazole rings is 1. The maximum absolute atomic E-state index is 4.09. The van der Waals surface area contributed by atoms with Gasteiger partial charge in [0.15, 0.2) is 0 Å². The molecule has 0 saturated carbocycles. The first-order valence-electron chi connectivity index (χ1n) is 5.57. The van der Waals surface area contributed by atoms with Crippen molar-refractivity contribution in [2.75, 3.05) is 5.32 Å². The summed E-state index contributed by atoms with van der Waals surface area (Å²) in [6.07, 6.45) is 4.78. The minimum absolute atomic E-state index is 0.809. The molecule has 84 valence electrons. The normalized spacial score (nSPS) is 10.4. The molecule has 0 radical (unpaired) electrons. The monoisotopic (exact) mass is 215 g/mol. The lowest BCUT2D eigenvalue weighted by Crippen LogP contribution is -2.04. The standard InChI is InChI=1S/C13H17N3/c1-3-11-5-4-6-12(7-11)15-9-13-8-14-10-16(13)2/h4-8,10,15H,3,9H2,1-2H3. The molecule has 0 bridgehead atoms. The zero-order chi connectivity index (χ0) is 11.4. The first-order valence-corrected chi connectivity index (χ1v) is 5.57. The van der Waals surface area contributed by atoms with Crippen molar-refractivity contribution in [3.05, 3.63) is 48.0 Å². The van der Waals surface area contributed by atoms with Crippen molar-refractivity contribution in [3.8, 4) is 0 Å². The molecular formula is C13H17N3. The van der Waals surface area contributed by atoms with Crippen molar-refractivity contribution < 1.29 is 0 Å². The Labute approximate surface area is 96.1 Å². The summed E-state index contributed by atoms with van der Waals surface area (Å²) in [4.78, 5) is 4.09. The molecule has 16 heavy (non-hydrogen) atoms. The van der Waals surface area contributed by atoms with E-state index in [1.54, 1.807) is 0 Å². The molecule has 2 rings (SSSR count). The topological polar surface area (TPSA) is 29.9 Å². The summed E-state index contributed by atoms with van der Waals surface area (Å²) in [7, 11) is 2.01. The average molecular weight is 215 g/mol. The van der Waals surface area contributed by atoms with E-state index in [1.807, 2.05) is 24.1 Å². The first kappa shape index (κ1) is 10.7. The summed E-state index contributed by atoms with van der Waals surface area (Å²) in [5.41, 5.74) is 3.71. The third-order valence-corrected chi connectivity index (χ3v) is 2.73. The Morgan fingerprint density at radius 2 is 2.25 bits per heavy atom. The van der Waals surface area contributed by atoms with Crippen LogP contribution in [0.5, 0.6) is 0 Å². The maximum Gasteiger partial charge on any atom is 0.0946 e. The van der Waals surface area contributed by atoms with Crippen LogP contribution in [-0.4, -0.2) is 9.55 Å². The van der Waals surface area contributed by atoms with Crippen LogP contribution in [0.4, 0.5) is 5.69 Å². The molecular weight excluding hydrogens is 198 g/mol. The molecule has 1 aromatic heterocycles. The molecule has 0 fully saturated rings. The molecule has 0 spiro atoms. The second-order valence-corrected chi connectivity index (χ2v) is 3.90. The van der Waals surface area contributed by atoms with Gasteiger partial charge in [-0.25, -0.2) is 4.98 Å². The van der Waals surface area contributed by atoms with Crippen LogP contribution in [0.1, 0.15) is 18.2 Å². The van der Waals surface area contributed by atoms with Crippen LogP contribution in [-0.2, 0) is 20.0 Å². The van der Waals surface area contributed by atoms with Gasteiger partial charge < -0.3 is 9.88 Å². The summed E-state index contributed by atoms with van der Waals surface area (Å²) in [5.74, 6) is 0. The third-order valence-electron chi connectivity index (χ3n) is 2.73. The smallest absolute Gasteiger partial charge is 0.0946 e. The van der Waals surface area contributed by atoms with Gasteiger partial charge in [-0.2, -0.15) is 0 Å². The predicted octanol–water partition coefficient (Wildman–Crippen LogP) is 2.59. The van der Waals surface area contributed by atoms with E-state index in [-0.39, 0.29) is 0 Å². The van der Waals surface area contributed by atoms with Gasteiger partial charge >= 0.3 is 0 Å². The quantitative estimate of drug-likeness (QED) is 0.849. The fraction of sp³-hybridized carbons (Fsp3) is 0.308. The molecule has 0 atom stereocenters. The van der Waals surface area contributed by atoms with Crippen LogP contribution >= 0.6 is 0 Å². The van der Waals surface area contributed by atoms with E-state index in [1.165, 1.54) is 16.9 Å². The maximum atomic E-state index is 4.09. The Bertz CT molecular complexity index is 460. The Morgan fingerprint density at radius 3 is 2.94 bits per heavy atom. The second kappa shape index (κ2) is 4.84. The number of aryl methyl sites for hydroxylation is 2. The van der Waals surface area contributed by atoms with Gasteiger partial charge in [0.2, 0.25) is 0 Å². The highest BCUT2D eigenvalue weighted by atomic mass is 15.0. The molecule has 2 aromatic rings. The molecule has 1 N–H and O–H groups in total. The molecule has 1 aromatic carbocycles. The SMILES string of the molecule is CCc1cccc(NCc2cncn2C)c1. The van der Waals surface area contributed by atoms with E-state index in [2.05, 4.69) is 41.5 Å². The minimum atomic E-state index is 0.809. The molecule has 0 aliphatic rings. The van der Waals surface area contributed by atoms with Gasteiger partial charge in [-0.05, 0) is 24.1 Å². The van der Waals surface area contributed by atoms with E-state index in [0.717, 1.165) is 13.0 Å². The number of hydrogen-bond donors (Lipinski definition) is 1. The van der Waals surface area contributed by atoms with Crippen LogP contribution in [0.2, 0.25) is 0 Å². The molecule has 0 aliphatic carbocycles. The van der Waals surface area contributed by atoms with Crippen molar-refractivity contribution in [2.45, 2.75) is 19.9 Å². The molecule has 0 unspecified atom stereocenters. The fourth-order valence-electron chi connectivity index (χ4n) is 1.65. The van der Waals surface area contributed by atoms with Crippen molar-refractivity contribution in [1.82, 2.24) is 9.55 Å². The van der Waals surface area contributed by atoms with Gasteiger partial charge in [0.05, 0.1) is 18.6 Å². The highest BCUT2D eigenvalue weighted by Gasteiger charge is 1.98. The van der Waals surface area contributed by atoms with Crippen LogP contribution in [0.3, 0.4) is 0 Å². The predicted molar refractivity (Wildman–Crippen MR) is 66.4 cm³/mol. The number of hydrogen-bond acceptors (Lipinski definition) is 2. The summed E-state index contributed by atoms with van der Waals surface area (Å²) in [5, 5.41) is 3.40. The number of rotatable bonds is 4. The zero-order valence-electron chi connectivity index (χ0n) is 9.77. The Hall–Kier alpha value is -1.77. The van der Waals surface area contributed by atoms with E-state index in [9.17, 15) is 0 Å². The highest BCUT2D eigenvalue weighted by Crippen LogP contribution is 2.12. The molecule has 3 nitrogen and oxygen atoms in total. The summed E-state index contributed by atoms with van der Waals surface area (Å²) in [6, 6.07) is 8.52. The molecule has 0 aliphatic heterocycles. The largest absolute Gasteiger partial charge is 0.379 e. The zero-order valence-corrected chi connectivity index (χ0v) is 9.77. The molecule has 3 heteroatoms. The van der Waals surface area contributed by atoms with Gasteiger partial charge in [-0.1, -0.05) is 19.1 Å². The van der Waals surface area contributed by atoms with Crippen molar-refractivity contribution >= 4 is 5.69 Å². The average Bonchev–Trinajstić information content (AvgIpc) is 2.72. The van der Waals surface area contributed by atoms with Crippen molar-refractivity contribution in [3.63, 3.8) is 0 Å². The number of anilines is 1. The molecule has 0 saturated heterocycles. The number of nitrogens with zero attached hydrogens (tertiary/aromatic N) is 2. The van der Waals surface area contributed by atoms with Crippen LogP contribution in [0.25, 0.3) is 0 Å². The lowest BCUT2D eigenvalue weighted by molar-refractivity contribution is 0.837. The van der Waals surface area contributed by atoms with Crippen molar-refractivity contribution in [2.24, 2.45) is 7.05 Å². The Balaban J connectivity index is 2.02. The summed E-state index contributed by atoms with van der Waals surface area (Å²) >= 11 is 0. The van der Waals surface area contributed by atoms with Crippen LogP contribution < -0.4 is 5.32 Å². The van der Waals surface area contributed by atoms with Crippen LogP contribution in [0, 0.1) is 0 Å². The molecule has 0 amide bonds. The van der Waals surface area contributed by atoms with E-state index < -0.39 is 0 Å². The van der Waals surface area contributed by atoms with Gasteiger partial charge in [0.25, 0.3) is 0 Å². The number of benzene rings is 1. The number of aromatic nitrogens is 2. The Kier molecular flexibility index (Phi) is 3.25. The molecule has 1 heterocycles. The van der Waals surface area contributed by atoms with Gasteiger partial charge in [-0.15, -0.1) is 0 Å². The summed E-state index contributed by atoms with van der Waals surface area (Å²) < 4.78 is 2.02. The van der Waals surface area contributed by atoms with E-state index >= 15 is 0 Å². The van der Waals surface area contributed by atoms with Gasteiger partial charge in [0, 0.05) is 18.9 Å². The summed E-state index contributed by atoms with van der Waals surface area (Å²) in [6.45, 7) is 2.98. The van der Waals surface area contributed by atoms with Gasteiger partial charge in [-0.3, -0.25) is 0 Å². The fourth-order valence-corrected chi connectivity index (χ4v) is 1.65. The number of nitrogens with one attached hydrogen (secondary N) is 1.